The second-order valence-corrected chi connectivity index (χ2v) is 6.44. The summed E-state index contributed by atoms with van der Waals surface area (Å²) in [6.07, 6.45) is 2.67. The number of esters is 1. The van der Waals surface area contributed by atoms with Crippen molar-refractivity contribution in [3.63, 3.8) is 0 Å². The number of rotatable bonds is 7. The van der Waals surface area contributed by atoms with Crippen molar-refractivity contribution in [1.29, 1.82) is 0 Å². The highest BCUT2D eigenvalue weighted by atomic mass is 32.1. The molecule has 0 fully saturated rings. The van der Waals surface area contributed by atoms with Crippen LogP contribution >= 0.6 is 11.3 Å². The van der Waals surface area contributed by atoms with Gasteiger partial charge in [0.05, 0.1) is 25.0 Å². The Morgan fingerprint density at radius 1 is 1.30 bits per heavy atom. The molecule has 0 aliphatic heterocycles. The van der Waals surface area contributed by atoms with E-state index < -0.39 is 5.92 Å². The third-order valence-electron chi connectivity index (χ3n) is 3.65. The smallest absolute Gasteiger partial charge is 0.308 e. The van der Waals surface area contributed by atoms with Gasteiger partial charge in [-0.2, -0.15) is 0 Å². The highest BCUT2D eigenvalue weighted by Gasteiger charge is 2.20. The van der Waals surface area contributed by atoms with E-state index in [4.69, 9.17) is 4.74 Å². The second-order valence-electron chi connectivity index (χ2n) is 5.36. The van der Waals surface area contributed by atoms with Gasteiger partial charge in [0.15, 0.2) is 5.78 Å². The van der Waals surface area contributed by atoms with Crippen LogP contribution in [0, 0.1) is 5.92 Å². The first-order valence-corrected chi connectivity index (χ1v) is 8.14. The van der Waals surface area contributed by atoms with Gasteiger partial charge in [-0.25, -0.2) is 0 Å². The molecule has 0 aliphatic rings. The van der Waals surface area contributed by atoms with E-state index in [1.807, 2.05) is 24.3 Å². The maximum atomic E-state index is 12.4. The summed E-state index contributed by atoms with van der Waals surface area (Å²) in [5.41, 5.74) is 1.04. The first kappa shape index (κ1) is 17.2. The molecule has 0 aliphatic carbocycles. The average Bonchev–Trinajstić information content (AvgIpc) is 2.96. The molecule has 0 radical (unpaired) electrons. The summed E-state index contributed by atoms with van der Waals surface area (Å²) >= 11 is 1.42. The molecule has 2 rings (SSSR count). The Kier molecular flexibility index (Phi) is 5.55. The predicted octanol–water partition coefficient (Wildman–Crippen LogP) is 4.02. The number of hydrogen-bond donors (Lipinski definition) is 0. The first-order valence-electron chi connectivity index (χ1n) is 7.32. The fourth-order valence-corrected chi connectivity index (χ4v) is 3.44. The molecular weight excluding hydrogens is 312 g/mol. The lowest BCUT2D eigenvalue weighted by Crippen LogP contribution is -2.16. The van der Waals surface area contributed by atoms with Crippen LogP contribution in [-0.4, -0.2) is 26.0 Å². The lowest BCUT2D eigenvalue weighted by atomic mass is 10.0. The van der Waals surface area contributed by atoms with Gasteiger partial charge in [-0.3, -0.25) is 9.59 Å². The van der Waals surface area contributed by atoms with E-state index in [9.17, 15) is 9.59 Å². The molecular formula is C18H20O4S. The number of ketones is 1. The maximum Gasteiger partial charge on any atom is 0.308 e. The molecule has 5 heteroatoms. The van der Waals surface area contributed by atoms with Crippen molar-refractivity contribution in [1.82, 2.24) is 0 Å². The van der Waals surface area contributed by atoms with Crippen molar-refractivity contribution in [2.24, 2.45) is 5.92 Å². The predicted molar refractivity (Wildman–Crippen MR) is 92.4 cm³/mol. The van der Waals surface area contributed by atoms with Crippen molar-refractivity contribution >= 4 is 33.2 Å². The molecule has 1 aromatic carbocycles. The van der Waals surface area contributed by atoms with Gasteiger partial charge in [0.2, 0.25) is 0 Å². The van der Waals surface area contributed by atoms with Gasteiger partial charge in [-0.1, -0.05) is 13.0 Å². The van der Waals surface area contributed by atoms with Crippen LogP contribution in [-0.2, 0) is 16.0 Å². The monoisotopic (exact) mass is 332 g/mol. The minimum atomic E-state index is -0.441. The lowest BCUT2D eigenvalue weighted by molar-refractivity contribution is -0.144. The fraction of sp³-hybridized carbons (Fsp3) is 0.333. The summed E-state index contributed by atoms with van der Waals surface area (Å²) < 4.78 is 11.1. The van der Waals surface area contributed by atoms with Gasteiger partial charge in [0, 0.05) is 11.1 Å². The minimum absolute atomic E-state index is 0.0478. The van der Waals surface area contributed by atoms with Crippen molar-refractivity contribution < 1.29 is 19.1 Å². The van der Waals surface area contributed by atoms with Crippen LogP contribution in [0.2, 0.25) is 0 Å². The van der Waals surface area contributed by atoms with E-state index in [2.05, 4.69) is 11.3 Å². The van der Waals surface area contributed by atoms with E-state index in [1.54, 1.807) is 14.0 Å². The molecule has 1 atom stereocenters. The molecule has 122 valence electrons. The number of carbonyl (C=O) groups is 2. The zero-order chi connectivity index (χ0) is 17.0. The second kappa shape index (κ2) is 7.42. The third kappa shape index (κ3) is 3.79. The number of methoxy groups -OCH3 is 2. The van der Waals surface area contributed by atoms with Gasteiger partial charge in [-0.05, 0) is 35.6 Å². The molecule has 0 amide bonds. The lowest BCUT2D eigenvalue weighted by Gasteiger charge is -2.06. The van der Waals surface area contributed by atoms with Crippen LogP contribution in [0.15, 0.2) is 30.9 Å². The first-order chi connectivity index (χ1) is 11.0. The van der Waals surface area contributed by atoms with E-state index in [1.165, 1.54) is 18.4 Å². The Hall–Kier alpha value is -2.14. The molecule has 4 nitrogen and oxygen atoms in total. The highest BCUT2D eigenvalue weighted by Crippen LogP contribution is 2.33. The molecule has 0 N–H and O–H groups in total. The SMILES string of the molecule is C=CCc1cc2cc(C(=O)C[C@H](C)C(=O)OC)sc2cc1OC. The van der Waals surface area contributed by atoms with Crippen LogP contribution in [0.25, 0.3) is 10.1 Å². The molecule has 0 unspecified atom stereocenters. The molecule has 1 heterocycles. The Morgan fingerprint density at radius 3 is 2.65 bits per heavy atom. The molecule has 0 saturated carbocycles. The molecule has 0 saturated heterocycles. The van der Waals surface area contributed by atoms with Gasteiger partial charge in [0.25, 0.3) is 0 Å². The summed E-state index contributed by atoms with van der Waals surface area (Å²) in [5.74, 6) is -0.0625. The summed E-state index contributed by atoms with van der Waals surface area (Å²) in [7, 11) is 2.96. The van der Waals surface area contributed by atoms with Gasteiger partial charge >= 0.3 is 5.97 Å². The van der Waals surface area contributed by atoms with Crippen molar-refractivity contribution in [3.05, 3.63) is 41.3 Å². The number of fused-ring (bicyclic) bond motifs is 1. The number of hydrogen-bond acceptors (Lipinski definition) is 5. The molecule has 2 aromatic rings. The summed E-state index contributed by atoms with van der Waals surface area (Å²) in [5, 5.41) is 1.00. The third-order valence-corrected chi connectivity index (χ3v) is 4.79. The Labute approximate surface area is 139 Å². The zero-order valence-corrected chi connectivity index (χ0v) is 14.4. The number of allylic oxidation sites excluding steroid dienone is 1. The zero-order valence-electron chi connectivity index (χ0n) is 13.5. The van der Waals surface area contributed by atoms with Crippen molar-refractivity contribution in [3.8, 4) is 5.75 Å². The van der Waals surface area contributed by atoms with Gasteiger partial charge in [-0.15, -0.1) is 17.9 Å². The largest absolute Gasteiger partial charge is 0.496 e. The molecule has 0 bridgehead atoms. The van der Waals surface area contributed by atoms with Crippen LogP contribution in [0.3, 0.4) is 0 Å². The fourth-order valence-electron chi connectivity index (χ4n) is 2.42. The number of ether oxygens (including phenoxy) is 2. The molecule has 23 heavy (non-hydrogen) atoms. The van der Waals surface area contributed by atoms with E-state index in [0.29, 0.717) is 11.3 Å². The number of thiophene rings is 1. The summed E-state index contributed by atoms with van der Waals surface area (Å²) in [4.78, 5) is 24.5. The van der Waals surface area contributed by atoms with E-state index in [-0.39, 0.29) is 18.2 Å². The van der Waals surface area contributed by atoms with E-state index in [0.717, 1.165) is 21.4 Å². The number of carbonyl (C=O) groups excluding carboxylic acids is 2. The Balaban J connectivity index is 2.30. The summed E-state index contributed by atoms with van der Waals surface area (Å²) in [6, 6.07) is 5.84. The number of benzene rings is 1. The van der Waals surface area contributed by atoms with Gasteiger partial charge in [0.1, 0.15) is 5.75 Å². The van der Waals surface area contributed by atoms with E-state index >= 15 is 0 Å². The van der Waals surface area contributed by atoms with Gasteiger partial charge < -0.3 is 9.47 Å². The van der Waals surface area contributed by atoms with Crippen molar-refractivity contribution in [2.45, 2.75) is 19.8 Å². The Morgan fingerprint density at radius 2 is 2.04 bits per heavy atom. The Bertz CT molecular complexity index is 745. The van der Waals surface area contributed by atoms with Crippen molar-refractivity contribution in [2.75, 3.05) is 14.2 Å². The van der Waals surface area contributed by atoms with Crippen LogP contribution < -0.4 is 4.74 Å². The van der Waals surface area contributed by atoms with Crippen LogP contribution in [0.5, 0.6) is 5.75 Å². The average molecular weight is 332 g/mol. The normalized spacial score (nSPS) is 12.0. The summed E-state index contributed by atoms with van der Waals surface area (Å²) in [6.45, 7) is 5.45. The van der Waals surface area contributed by atoms with Crippen LogP contribution in [0.1, 0.15) is 28.6 Å². The highest BCUT2D eigenvalue weighted by molar-refractivity contribution is 7.20. The topological polar surface area (TPSA) is 52.6 Å². The minimum Gasteiger partial charge on any atom is -0.496 e. The molecule has 0 spiro atoms. The molecule has 1 aromatic heterocycles. The van der Waals surface area contributed by atoms with Crippen LogP contribution in [0.4, 0.5) is 0 Å². The maximum absolute atomic E-state index is 12.4. The standard InChI is InChI=1S/C18H20O4S/c1-5-6-12-8-13-9-17(23-16(13)10-15(12)21-3)14(19)7-11(2)18(20)22-4/h5,8-11H,1,6-7H2,2-4H3/t11-/m0/s1. The quantitative estimate of drug-likeness (QED) is 0.436. The number of Topliss-reactive ketones (excluding diaryl/α,β-unsaturated/α-hetero) is 1.